The zero-order chi connectivity index (χ0) is 25.2. The van der Waals surface area contributed by atoms with Crippen LogP contribution in [0.4, 0.5) is 18.9 Å². The van der Waals surface area contributed by atoms with Gasteiger partial charge in [-0.05, 0) is 79.3 Å². The zero-order valence-electron chi connectivity index (χ0n) is 18.9. The molecule has 6 nitrogen and oxygen atoms in total. The molecule has 1 aliphatic carbocycles. The molecule has 0 aliphatic heterocycles. The minimum atomic E-state index is -4.52. The van der Waals surface area contributed by atoms with Crippen molar-refractivity contribution in [1.82, 2.24) is 10.3 Å². The quantitative estimate of drug-likeness (QED) is 0.525. The minimum Gasteiger partial charge on any atom is -0.457 e. The standard InChI is InChI=1S/C26H23F3N3O3/c1-15-9-19(26(27,28)29)13-20(10-15)32-24(33)17-4-3-16-5-6-21(12-18(16)11-17)35-22-7-8-31-23(14-22)25(34)30-2/h5-10,12-14,17H,1,3-4,11H2,2H3,(H,30,34)(H,32,33). The van der Waals surface area contributed by atoms with Gasteiger partial charge >= 0.3 is 6.18 Å². The van der Waals surface area contributed by atoms with E-state index in [2.05, 4.69) is 22.5 Å². The first kappa shape index (κ1) is 24.3. The number of benzene rings is 2. The zero-order valence-corrected chi connectivity index (χ0v) is 18.9. The summed E-state index contributed by atoms with van der Waals surface area (Å²) in [6, 6.07) is 12.0. The molecule has 1 atom stereocenters. The van der Waals surface area contributed by atoms with Gasteiger partial charge < -0.3 is 15.4 Å². The Labute approximate surface area is 200 Å². The van der Waals surface area contributed by atoms with Crippen molar-refractivity contribution in [3.63, 3.8) is 0 Å². The highest BCUT2D eigenvalue weighted by Crippen LogP contribution is 2.34. The van der Waals surface area contributed by atoms with Gasteiger partial charge in [0.25, 0.3) is 5.91 Å². The molecule has 2 N–H and O–H groups in total. The second kappa shape index (κ2) is 9.77. The largest absolute Gasteiger partial charge is 0.457 e. The number of pyridine rings is 1. The maximum Gasteiger partial charge on any atom is 0.416 e. The van der Waals surface area contributed by atoms with Gasteiger partial charge in [-0.3, -0.25) is 14.6 Å². The third-order valence-electron chi connectivity index (χ3n) is 5.79. The molecule has 35 heavy (non-hydrogen) atoms. The third-order valence-corrected chi connectivity index (χ3v) is 5.79. The van der Waals surface area contributed by atoms with Gasteiger partial charge in [0, 0.05) is 30.9 Å². The van der Waals surface area contributed by atoms with Gasteiger partial charge in [-0.1, -0.05) is 6.07 Å². The van der Waals surface area contributed by atoms with E-state index in [1.165, 1.54) is 25.4 Å². The van der Waals surface area contributed by atoms with Gasteiger partial charge in [-0.2, -0.15) is 13.2 Å². The molecule has 4 rings (SSSR count). The highest BCUT2D eigenvalue weighted by molar-refractivity contribution is 5.93. The van der Waals surface area contributed by atoms with E-state index in [-0.39, 0.29) is 28.8 Å². The summed E-state index contributed by atoms with van der Waals surface area (Å²) in [6.07, 6.45) is -1.39. The van der Waals surface area contributed by atoms with Crippen molar-refractivity contribution in [3.8, 4) is 11.5 Å². The van der Waals surface area contributed by atoms with E-state index in [1.54, 1.807) is 6.07 Å². The van der Waals surface area contributed by atoms with Crippen LogP contribution in [0, 0.1) is 12.8 Å². The molecule has 0 saturated heterocycles. The maximum absolute atomic E-state index is 13.1. The number of carbonyl (C=O) groups excluding carboxylic acids is 2. The fourth-order valence-electron chi connectivity index (χ4n) is 4.06. The smallest absolute Gasteiger partial charge is 0.416 e. The highest BCUT2D eigenvalue weighted by Gasteiger charge is 2.31. The summed E-state index contributed by atoms with van der Waals surface area (Å²) in [5, 5.41) is 5.12. The van der Waals surface area contributed by atoms with E-state index in [4.69, 9.17) is 4.74 Å². The Morgan fingerprint density at radius 2 is 1.83 bits per heavy atom. The van der Waals surface area contributed by atoms with Gasteiger partial charge in [0.1, 0.15) is 17.2 Å². The van der Waals surface area contributed by atoms with Crippen molar-refractivity contribution in [2.45, 2.75) is 25.4 Å². The van der Waals surface area contributed by atoms with Crippen LogP contribution in [0.15, 0.2) is 54.7 Å². The molecule has 1 aromatic heterocycles. The summed E-state index contributed by atoms with van der Waals surface area (Å²) in [5.41, 5.74) is 1.62. The monoisotopic (exact) mass is 482 g/mol. The molecule has 1 heterocycles. The van der Waals surface area contributed by atoms with Gasteiger partial charge in [0.05, 0.1) is 5.56 Å². The van der Waals surface area contributed by atoms with Crippen molar-refractivity contribution in [3.05, 3.63) is 89.6 Å². The number of rotatable bonds is 5. The number of alkyl halides is 3. The summed E-state index contributed by atoms with van der Waals surface area (Å²) in [4.78, 5) is 28.7. The molecule has 1 radical (unpaired) electrons. The van der Waals surface area contributed by atoms with Crippen molar-refractivity contribution < 1.29 is 27.5 Å². The molecule has 0 saturated carbocycles. The number of aromatic nitrogens is 1. The third kappa shape index (κ3) is 5.79. The maximum atomic E-state index is 13.1. The molecular weight excluding hydrogens is 459 g/mol. The minimum absolute atomic E-state index is 0.0716. The van der Waals surface area contributed by atoms with Gasteiger partial charge in [0.15, 0.2) is 0 Å². The summed E-state index contributed by atoms with van der Waals surface area (Å²) >= 11 is 0. The summed E-state index contributed by atoms with van der Waals surface area (Å²) < 4.78 is 45.2. The second-order valence-electron chi connectivity index (χ2n) is 8.33. The van der Waals surface area contributed by atoms with Crippen LogP contribution >= 0.6 is 0 Å². The molecule has 1 aliphatic rings. The molecule has 181 valence electrons. The van der Waals surface area contributed by atoms with Crippen LogP contribution in [0.5, 0.6) is 11.5 Å². The summed E-state index contributed by atoms with van der Waals surface area (Å²) in [6.45, 7) is 3.58. The average Bonchev–Trinajstić information content (AvgIpc) is 2.82. The van der Waals surface area contributed by atoms with E-state index >= 15 is 0 Å². The van der Waals surface area contributed by atoms with E-state index in [0.29, 0.717) is 30.8 Å². The predicted molar refractivity (Wildman–Crippen MR) is 124 cm³/mol. The lowest BCUT2D eigenvalue weighted by molar-refractivity contribution is -0.137. The number of nitrogens with one attached hydrogen (secondary N) is 2. The van der Waals surface area contributed by atoms with Crippen LogP contribution in [0.1, 0.15) is 39.2 Å². The first-order valence-electron chi connectivity index (χ1n) is 11.0. The summed E-state index contributed by atoms with van der Waals surface area (Å²) in [7, 11) is 1.51. The summed E-state index contributed by atoms with van der Waals surface area (Å²) in [5.74, 6) is -0.0940. The first-order valence-corrected chi connectivity index (χ1v) is 11.0. The Morgan fingerprint density at radius 3 is 2.57 bits per heavy atom. The van der Waals surface area contributed by atoms with Crippen molar-refractivity contribution >= 4 is 17.5 Å². The lowest BCUT2D eigenvalue weighted by Gasteiger charge is -2.24. The Kier molecular flexibility index (Phi) is 6.77. The number of carbonyl (C=O) groups is 2. The van der Waals surface area contributed by atoms with Crippen molar-refractivity contribution in [2.75, 3.05) is 12.4 Å². The van der Waals surface area contributed by atoms with E-state index < -0.39 is 17.7 Å². The lowest BCUT2D eigenvalue weighted by atomic mass is 9.83. The van der Waals surface area contributed by atoms with Crippen molar-refractivity contribution in [1.29, 1.82) is 0 Å². The number of hydrogen-bond acceptors (Lipinski definition) is 4. The van der Waals surface area contributed by atoms with Crippen LogP contribution < -0.4 is 15.4 Å². The van der Waals surface area contributed by atoms with Crippen LogP contribution in [-0.2, 0) is 23.8 Å². The molecule has 0 fully saturated rings. The van der Waals surface area contributed by atoms with Gasteiger partial charge in [0.2, 0.25) is 5.91 Å². The number of amides is 2. The fraction of sp³-hybridized carbons (Fsp3) is 0.231. The number of nitrogens with zero attached hydrogens (tertiary/aromatic N) is 1. The second-order valence-corrected chi connectivity index (χ2v) is 8.33. The number of fused-ring (bicyclic) bond motifs is 1. The number of anilines is 1. The molecule has 9 heteroatoms. The van der Waals surface area contributed by atoms with E-state index in [9.17, 15) is 22.8 Å². The molecule has 2 aromatic carbocycles. The normalized spacial score (nSPS) is 15.2. The van der Waals surface area contributed by atoms with Gasteiger partial charge in [-0.25, -0.2) is 0 Å². The first-order chi connectivity index (χ1) is 16.6. The van der Waals surface area contributed by atoms with Crippen LogP contribution in [0.3, 0.4) is 0 Å². The number of ether oxygens (including phenoxy) is 1. The Bertz CT molecular complexity index is 1270. The van der Waals surface area contributed by atoms with Crippen LogP contribution in [0.2, 0.25) is 0 Å². The Morgan fingerprint density at radius 1 is 1.06 bits per heavy atom. The van der Waals surface area contributed by atoms with Crippen LogP contribution in [0.25, 0.3) is 0 Å². The molecule has 0 bridgehead atoms. The van der Waals surface area contributed by atoms with Crippen LogP contribution in [-0.4, -0.2) is 23.8 Å². The SMILES string of the molecule is [CH2]c1cc(NC(=O)C2CCc3ccc(Oc4ccnc(C(=O)NC)c4)cc3C2)cc(C(F)(F)F)c1. The molecule has 0 spiro atoms. The topological polar surface area (TPSA) is 80.3 Å². The highest BCUT2D eigenvalue weighted by atomic mass is 19.4. The molecule has 2 amide bonds. The number of hydrogen-bond donors (Lipinski definition) is 2. The average molecular weight is 482 g/mol. The Hall–Kier alpha value is -3.88. The van der Waals surface area contributed by atoms with E-state index in [0.717, 1.165) is 23.3 Å². The molecule has 1 unspecified atom stereocenters. The molecule has 3 aromatic rings. The number of halogens is 3. The number of aryl methyl sites for hydroxylation is 1. The van der Waals surface area contributed by atoms with E-state index in [1.807, 2.05) is 18.2 Å². The lowest BCUT2D eigenvalue weighted by Crippen LogP contribution is -2.28. The van der Waals surface area contributed by atoms with Crippen molar-refractivity contribution in [2.24, 2.45) is 5.92 Å². The van der Waals surface area contributed by atoms with Gasteiger partial charge in [-0.15, -0.1) is 0 Å². The predicted octanol–water partition coefficient (Wildman–Crippen LogP) is 5.18. The molecular formula is C26H23F3N3O3. The fourth-order valence-corrected chi connectivity index (χ4v) is 4.06. The Balaban J connectivity index is 1.47.